The highest BCUT2D eigenvalue weighted by molar-refractivity contribution is 5.70. The Morgan fingerprint density at radius 3 is 2.80 bits per heavy atom. The smallest absolute Gasteiger partial charge is 0.321 e. The quantitative estimate of drug-likeness (QED) is 0.203. The summed E-state index contributed by atoms with van der Waals surface area (Å²) < 4.78 is 4.77. The van der Waals surface area contributed by atoms with Gasteiger partial charge in [0.05, 0.1) is 6.61 Å². The van der Waals surface area contributed by atoms with Crippen molar-refractivity contribution < 1.29 is 9.94 Å². The van der Waals surface area contributed by atoms with Crippen LogP contribution in [0, 0.1) is 0 Å². The fraction of sp³-hybridized carbons (Fsp3) is 0.833. The molecule has 0 unspecified atom stereocenters. The molecule has 0 saturated heterocycles. The van der Waals surface area contributed by atoms with Gasteiger partial charge in [-0.25, -0.2) is 0 Å². The fourth-order valence-corrected chi connectivity index (χ4v) is 0.558. The predicted octanol–water partition coefficient (Wildman–Crippen LogP) is 0.897. The van der Waals surface area contributed by atoms with E-state index in [4.69, 9.17) is 15.7 Å². The number of nitrogens with two attached hydrogens (primary N) is 1. The second-order valence-corrected chi connectivity index (χ2v) is 1.99. The Balaban J connectivity index is 3.04. The molecular weight excluding hydrogens is 132 g/mol. The summed E-state index contributed by atoms with van der Waals surface area (Å²) in [6.45, 7) is 2.63. The maximum Gasteiger partial charge on any atom is 0.321 e. The summed E-state index contributed by atoms with van der Waals surface area (Å²) in [5.41, 5.74) is 5.03. The van der Waals surface area contributed by atoms with E-state index >= 15 is 0 Å². The third kappa shape index (κ3) is 5.21. The fourth-order valence-electron chi connectivity index (χ4n) is 0.558. The van der Waals surface area contributed by atoms with Crippen LogP contribution in [0.3, 0.4) is 0 Å². The Kier molecular flexibility index (Phi) is 5.62. The Hall–Kier alpha value is -0.930. The van der Waals surface area contributed by atoms with Gasteiger partial charge in [-0.3, -0.25) is 0 Å². The third-order valence-corrected chi connectivity index (χ3v) is 1.10. The number of hydrogen-bond donors (Lipinski definition) is 2. The molecule has 10 heavy (non-hydrogen) atoms. The molecule has 3 N–H and O–H groups in total. The minimum atomic E-state index is -0.156. The predicted molar refractivity (Wildman–Crippen MR) is 38.9 cm³/mol. The van der Waals surface area contributed by atoms with E-state index in [0.29, 0.717) is 6.61 Å². The van der Waals surface area contributed by atoms with Crippen LogP contribution in [0.5, 0.6) is 0 Å². The van der Waals surface area contributed by atoms with Crippen molar-refractivity contribution in [1.82, 2.24) is 0 Å². The Morgan fingerprint density at radius 1 is 1.60 bits per heavy atom. The zero-order chi connectivity index (χ0) is 7.82. The largest absolute Gasteiger partial charge is 0.463 e. The van der Waals surface area contributed by atoms with Crippen LogP contribution < -0.4 is 5.73 Å². The van der Waals surface area contributed by atoms with Gasteiger partial charge < -0.3 is 15.7 Å². The van der Waals surface area contributed by atoms with E-state index in [1.54, 1.807) is 0 Å². The summed E-state index contributed by atoms with van der Waals surface area (Å²) in [5, 5.41) is 10.7. The first-order valence-corrected chi connectivity index (χ1v) is 3.41. The molecule has 0 aliphatic rings. The number of ether oxygens (including phenoxy) is 1. The lowest BCUT2D eigenvalue weighted by molar-refractivity contribution is 0.246. The van der Waals surface area contributed by atoms with E-state index in [-0.39, 0.29) is 6.02 Å². The molecule has 0 amide bonds. The van der Waals surface area contributed by atoms with Gasteiger partial charge in [0, 0.05) is 0 Å². The van der Waals surface area contributed by atoms with Gasteiger partial charge in [0.25, 0.3) is 0 Å². The second-order valence-electron chi connectivity index (χ2n) is 1.99. The van der Waals surface area contributed by atoms with Gasteiger partial charge in [-0.15, -0.1) is 0 Å². The molecular formula is C6H14N2O2. The topological polar surface area (TPSA) is 67.8 Å². The van der Waals surface area contributed by atoms with E-state index in [1.807, 2.05) is 0 Å². The molecule has 0 heterocycles. The highest BCUT2D eigenvalue weighted by Crippen LogP contribution is 1.93. The molecule has 0 aromatic rings. The van der Waals surface area contributed by atoms with Crippen molar-refractivity contribution in [2.45, 2.75) is 26.2 Å². The summed E-state index contributed by atoms with van der Waals surface area (Å²) in [6.07, 6.45) is 3.20. The van der Waals surface area contributed by atoms with Gasteiger partial charge in [-0.05, 0) is 11.6 Å². The Morgan fingerprint density at radius 2 is 2.30 bits per heavy atom. The van der Waals surface area contributed by atoms with E-state index < -0.39 is 0 Å². The Labute approximate surface area is 60.7 Å². The SMILES string of the molecule is CCCCCOC(N)=NO. The van der Waals surface area contributed by atoms with Crippen molar-refractivity contribution in [3.05, 3.63) is 0 Å². The lowest BCUT2D eigenvalue weighted by Gasteiger charge is -2.00. The Bertz CT molecular complexity index is 104. The van der Waals surface area contributed by atoms with Gasteiger partial charge in [0.1, 0.15) is 0 Å². The average molecular weight is 146 g/mol. The molecule has 0 spiro atoms. The molecule has 4 heteroatoms. The molecule has 0 atom stereocenters. The van der Waals surface area contributed by atoms with Crippen molar-refractivity contribution in [1.29, 1.82) is 0 Å². The number of rotatable bonds is 4. The van der Waals surface area contributed by atoms with E-state index in [1.165, 1.54) is 0 Å². The maximum atomic E-state index is 8.03. The average Bonchev–Trinajstić information content (AvgIpc) is 1.98. The first-order valence-electron chi connectivity index (χ1n) is 3.41. The minimum Gasteiger partial charge on any atom is -0.463 e. The summed E-state index contributed by atoms with van der Waals surface area (Å²) in [5.74, 6) is 0. The van der Waals surface area contributed by atoms with Gasteiger partial charge in [0.2, 0.25) is 0 Å². The molecule has 0 bridgehead atoms. The molecule has 0 aliphatic carbocycles. The van der Waals surface area contributed by atoms with Crippen molar-refractivity contribution in [2.75, 3.05) is 6.61 Å². The van der Waals surface area contributed by atoms with Gasteiger partial charge >= 0.3 is 6.02 Å². The summed E-state index contributed by atoms with van der Waals surface area (Å²) >= 11 is 0. The number of amidine groups is 1. The standard InChI is InChI=1S/C6H14N2O2/c1-2-3-4-5-10-6(7)8-9/h9H,2-5H2,1H3,(H2,7,8). The lowest BCUT2D eigenvalue weighted by Crippen LogP contribution is -2.16. The number of unbranched alkanes of at least 4 members (excludes halogenated alkanes) is 2. The molecule has 0 saturated carbocycles. The van der Waals surface area contributed by atoms with Crippen LogP contribution in [0.15, 0.2) is 5.16 Å². The van der Waals surface area contributed by atoms with Crippen LogP contribution >= 0.6 is 0 Å². The molecule has 4 nitrogen and oxygen atoms in total. The van der Waals surface area contributed by atoms with Crippen molar-refractivity contribution in [3.8, 4) is 0 Å². The summed E-state index contributed by atoms with van der Waals surface area (Å²) in [7, 11) is 0. The highest BCUT2D eigenvalue weighted by Gasteiger charge is 1.90. The maximum absolute atomic E-state index is 8.03. The number of oxime groups is 1. The van der Waals surface area contributed by atoms with E-state index in [0.717, 1.165) is 19.3 Å². The molecule has 0 radical (unpaired) electrons. The molecule has 0 rings (SSSR count). The molecule has 60 valence electrons. The van der Waals surface area contributed by atoms with Crippen molar-refractivity contribution >= 4 is 6.02 Å². The molecule has 0 aromatic carbocycles. The van der Waals surface area contributed by atoms with Crippen molar-refractivity contribution in [3.63, 3.8) is 0 Å². The van der Waals surface area contributed by atoms with Crippen molar-refractivity contribution in [2.24, 2.45) is 10.9 Å². The summed E-state index contributed by atoms with van der Waals surface area (Å²) in [6, 6.07) is -0.156. The highest BCUT2D eigenvalue weighted by atomic mass is 16.5. The lowest BCUT2D eigenvalue weighted by atomic mass is 10.3. The van der Waals surface area contributed by atoms with E-state index in [2.05, 4.69) is 12.1 Å². The van der Waals surface area contributed by atoms with Crippen LogP contribution in [0.4, 0.5) is 0 Å². The van der Waals surface area contributed by atoms with Gasteiger partial charge in [-0.1, -0.05) is 19.8 Å². The van der Waals surface area contributed by atoms with Gasteiger partial charge in [0.15, 0.2) is 0 Å². The van der Waals surface area contributed by atoms with Crippen LogP contribution in [0.25, 0.3) is 0 Å². The third-order valence-electron chi connectivity index (χ3n) is 1.10. The normalized spacial score (nSPS) is 11.5. The van der Waals surface area contributed by atoms with Gasteiger partial charge in [-0.2, -0.15) is 0 Å². The first kappa shape index (κ1) is 9.07. The molecule has 0 aliphatic heterocycles. The number of nitrogens with zero attached hydrogens (tertiary/aromatic N) is 1. The molecule has 0 aromatic heterocycles. The minimum absolute atomic E-state index is 0.156. The van der Waals surface area contributed by atoms with Crippen LogP contribution in [0.1, 0.15) is 26.2 Å². The second kappa shape index (κ2) is 6.19. The number of hydrogen-bond acceptors (Lipinski definition) is 3. The van der Waals surface area contributed by atoms with E-state index in [9.17, 15) is 0 Å². The monoisotopic (exact) mass is 146 g/mol. The van der Waals surface area contributed by atoms with Crippen LogP contribution in [0.2, 0.25) is 0 Å². The van der Waals surface area contributed by atoms with Crippen LogP contribution in [-0.4, -0.2) is 17.8 Å². The summed E-state index contributed by atoms with van der Waals surface area (Å²) in [4.78, 5) is 0. The zero-order valence-corrected chi connectivity index (χ0v) is 6.21. The van der Waals surface area contributed by atoms with Crippen LogP contribution in [-0.2, 0) is 4.74 Å². The zero-order valence-electron chi connectivity index (χ0n) is 6.21. The molecule has 0 fully saturated rings. The first-order chi connectivity index (χ1) is 4.81.